The second kappa shape index (κ2) is 13.9. The van der Waals surface area contributed by atoms with Crippen molar-refractivity contribution < 1.29 is 31.9 Å². The Kier molecular flexibility index (Phi) is 10.9. The van der Waals surface area contributed by atoms with Crippen LogP contribution in [-0.4, -0.2) is 69.3 Å². The number of nitrogens with zero attached hydrogens (tertiary/aromatic N) is 2. The summed E-state index contributed by atoms with van der Waals surface area (Å²) in [5.74, 6) is -3.93. The van der Waals surface area contributed by atoms with Gasteiger partial charge >= 0.3 is 12.1 Å². The Morgan fingerprint density at radius 3 is 2.48 bits per heavy atom. The number of piperidine rings is 1. The van der Waals surface area contributed by atoms with Gasteiger partial charge in [0.25, 0.3) is 0 Å². The molecule has 3 fully saturated rings. The second-order valence-electron chi connectivity index (χ2n) is 12.3. The molecule has 238 valence electrons. The van der Waals surface area contributed by atoms with Crippen LogP contribution in [0.2, 0.25) is 0 Å². The van der Waals surface area contributed by atoms with Crippen LogP contribution in [0.1, 0.15) is 57.8 Å². The molecule has 4 rings (SSSR count). The first-order chi connectivity index (χ1) is 19.8. The predicted octanol–water partition coefficient (Wildman–Crippen LogP) is 4.42. The summed E-state index contributed by atoms with van der Waals surface area (Å²) in [6.07, 6.45) is -0.676. The Balaban J connectivity index is 1.57. The van der Waals surface area contributed by atoms with Gasteiger partial charge in [0.2, 0.25) is 11.5 Å². The van der Waals surface area contributed by atoms with Gasteiger partial charge in [-0.3, -0.25) is 15.0 Å². The molecule has 1 amide bonds. The van der Waals surface area contributed by atoms with Gasteiger partial charge < -0.3 is 24.5 Å². The van der Waals surface area contributed by atoms with Gasteiger partial charge in [-0.25, -0.2) is 4.39 Å². The number of amides is 1. The normalized spacial score (nSPS) is 34.9. The Morgan fingerprint density at radius 1 is 1.12 bits per heavy atom. The minimum absolute atomic E-state index is 0.0469. The first-order valence-electron chi connectivity index (χ1n) is 14.6. The molecule has 0 radical (unpaired) electrons. The van der Waals surface area contributed by atoms with Gasteiger partial charge in [-0.15, -0.1) is 23.2 Å². The SMILES string of the molecule is COC(=O)CC(NC(=O)C1CC(Cn2ccn(C)c2=N)CC(C2CCC(F)CC2C(F)(F)F)N1)C1CCC(Cl)C(Cl)C1. The van der Waals surface area contributed by atoms with Crippen LogP contribution in [0.25, 0.3) is 0 Å². The summed E-state index contributed by atoms with van der Waals surface area (Å²) in [5, 5.41) is 14.0. The predicted molar refractivity (Wildman–Crippen MR) is 150 cm³/mol. The molecule has 2 heterocycles. The summed E-state index contributed by atoms with van der Waals surface area (Å²) < 4.78 is 64.7. The van der Waals surface area contributed by atoms with Gasteiger partial charge in [0, 0.05) is 43.4 Å². The molecule has 14 heteroatoms. The average molecular weight is 643 g/mol. The smallest absolute Gasteiger partial charge is 0.392 e. The molecular formula is C28H41Cl2F4N5O3. The largest absolute Gasteiger partial charge is 0.469 e. The lowest BCUT2D eigenvalue weighted by Crippen LogP contribution is -2.60. The highest BCUT2D eigenvalue weighted by atomic mass is 35.5. The number of imidazole rings is 1. The van der Waals surface area contributed by atoms with E-state index in [0.717, 1.165) is 0 Å². The van der Waals surface area contributed by atoms with E-state index in [2.05, 4.69) is 10.6 Å². The fourth-order valence-corrected chi connectivity index (χ4v) is 7.70. The van der Waals surface area contributed by atoms with Crippen molar-refractivity contribution in [2.45, 2.75) is 106 Å². The molecule has 1 aromatic rings. The van der Waals surface area contributed by atoms with E-state index in [0.29, 0.717) is 38.6 Å². The van der Waals surface area contributed by atoms with E-state index < -0.39 is 60.6 Å². The molecule has 10 atom stereocenters. The molecule has 0 aromatic carbocycles. The third-order valence-corrected chi connectivity index (χ3v) is 10.6. The minimum atomic E-state index is -4.56. The van der Waals surface area contributed by atoms with Crippen LogP contribution >= 0.6 is 23.2 Å². The highest BCUT2D eigenvalue weighted by Crippen LogP contribution is 2.46. The summed E-state index contributed by atoms with van der Waals surface area (Å²) in [5.41, 5.74) is 0.237. The molecular weight excluding hydrogens is 601 g/mol. The Morgan fingerprint density at radius 2 is 1.86 bits per heavy atom. The lowest BCUT2D eigenvalue weighted by molar-refractivity contribution is -0.206. The molecule has 8 nitrogen and oxygen atoms in total. The van der Waals surface area contributed by atoms with E-state index in [1.807, 2.05) is 0 Å². The van der Waals surface area contributed by atoms with Crippen molar-refractivity contribution in [2.75, 3.05) is 7.11 Å². The molecule has 0 bridgehead atoms. The molecule has 1 saturated heterocycles. The van der Waals surface area contributed by atoms with Gasteiger partial charge in [-0.05, 0) is 69.1 Å². The van der Waals surface area contributed by atoms with Gasteiger partial charge in [0.15, 0.2) is 0 Å². The third-order valence-electron chi connectivity index (χ3n) is 9.44. The Bertz CT molecular complexity index is 1150. The topological polar surface area (TPSA) is 101 Å². The number of methoxy groups -OCH3 is 1. The minimum Gasteiger partial charge on any atom is -0.469 e. The molecule has 3 N–H and O–H groups in total. The van der Waals surface area contributed by atoms with Crippen LogP contribution in [-0.2, 0) is 27.9 Å². The van der Waals surface area contributed by atoms with Crippen LogP contribution in [0.3, 0.4) is 0 Å². The van der Waals surface area contributed by atoms with Crippen molar-refractivity contribution in [1.82, 2.24) is 19.8 Å². The number of hydrogen-bond donors (Lipinski definition) is 3. The quantitative estimate of drug-likeness (QED) is 0.222. The fraction of sp³-hybridized carbons (Fsp3) is 0.821. The van der Waals surface area contributed by atoms with Crippen LogP contribution in [0, 0.1) is 29.1 Å². The first kappa shape index (κ1) is 33.1. The third kappa shape index (κ3) is 8.02. The van der Waals surface area contributed by atoms with Crippen LogP contribution in [0.4, 0.5) is 17.6 Å². The molecule has 10 unspecified atom stereocenters. The summed E-state index contributed by atoms with van der Waals surface area (Å²) in [7, 11) is 3.00. The lowest BCUT2D eigenvalue weighted by Gasteiger charge is -2.45. The zero-order valence-corrected chi connectivity index (χ0v) is 25.4. The maximum atomic E-state index is 14.2. The Labute approximate surface area is 253 Å². The van der Waals surface area contributed by atoms with Gasteiger partial charge in [0.1, 0.15) is 6.17 Å². The summed E-state index contributed by atoms with van der Waals surface area (Å²) in [4.78, 5) is 26.0. The molecule has 3 aliphatic rings. The molecule has 42 heavy (non-hydrogen) atoms. The summed E-state index contributed by atoms with van der Waals surface area (Å²) in [6.45, 7) is 0.357. The van der Waals surface area contributed by atoms with Crippen LogP contribution < -0.4 is 16.3 Å². The van der Waals surface area contributed by atoms with E-state index in [1.54, 1.807) is 28.6 Å². The number of esters is 1. The number of rotatable bonds is 8. The molecule has 1 aromatic heterocycles. The van der Waals surface area contributed by atoms with Gasteiger partial charge in [0.05, 0.1) is 30.9 Å². The van der Waals surface area contributed by atoms with Crippen molar-refractivity contribution >= 4 is 35.1 Å². The maximum Gasteiger partial charge on any atom is 0.392 e. The first-order valence-corrected chi connectivity index (χ1v) is 15.5. The number of ether oxygens (including phenoxy) is 1. The number of carbonyl (C=O) groups excluding carboxylic acids is 2. The number of halogens is 6. The molecule has 1 aliphatic heterocycles. The molecule has 2 aliphatic carbocycles. The van der Waals surface area contributed by atoms with E-state index in [1.165, 1.54) is 7.11 Å². The maximum absolute atomic E-state index is 14.2. The zero-order chi connectivity index (χ0) is 30.8. The van der Waals surface area contributed by atoms with Crippen LogP contribution in [0.15, 0.2) is 12.4 Å². The standard InChI is InChI=1S/C28H41Cl2F4N5O3/c1-38-7-8-39(27(38)35)14-15-9-23(18-5-4-17(31)12-19(18)28(32,33)34)36-24(10-15)26(41)37-22(13-25(40)42-2)16-3-6-20(29)21(30)11-16/h7-8,15-24,35-36H,3-6,9-14H2,1-2H3,(H,37,41). The number of hydrogen-bond acceptors (Lipinski definition) is 5. The number of nitrogens with one attached hydrogen (secondary N) is 3. The number of carbonyl (C=O) groups is 2. The summed E-state index contributed by atoms with van der Waals surface area (Å²) in [6, 6.07) is -2.08. The van der Waals surface area contributed by atoms with Crippen molar-refractivity contribution in [1.29, 1.82) is 5.41 Å². The Hall–Kier alpha value is -1.79. The van der Waals surface area contributed by atoms with E-state index in [-0.39, 0.29) is 47.5 Å². The average Bonchev–Trinajstić information content (AvgIpc) is 3.25. The molecule has 2 saturated carbocycles. The van der Waals surface area contributed by atoms with Gasteiger partial charge in [-0.2, -0.15) is 13.2 Å². The number of aryl methyl sites for hydroxylation is 1. The van der Waals surface area contributed by atoms with E-state index in [4.69, 9.17) is 33.3 Å². The van der Waals surface area contributed by atoms with Crippen molar-refractivity contribution in [2.24, 2.45) is 30.7 Å². The van der Waals surface area contributed by atoms with Crippen molar-refractivity contribution in [3.63, 3.8) is 0 Å². The van der Waals surface area contributed by atoms with Crippen LogP contribution in [0.5, 0.6) is 0 Å². The highest BCUT2D eigenvalue weighted by Gasteiger charge is 2.51. The summed E-state index contributed by atoms with van der Waals surface area (Å²) >= 11 is 12.7. The zero-order valence-electron chi connectivity index (χ0n) is 23.9. The van der Waals surface area contributed by atoms with E-state index >= 15 is 0 Å². The van der Waals surface area contributed by atoms with Gasteiger partial charge in [-0.1, -0.05) is 0 Å². The highest BCUT2D eigenvalue weighted by molar-refractivity contribution is 6.30. The monoisotopic (exact) mass is 641 g/mol. The van der Waals surface area contributed by atoms with Crippen molar-refractivity contribution in [3.05, 3.63) is 18.0 Å². The van der Waals surface area contributed by atoms with Crippen molar-refractivity contribution in [3.8, 4) is 0 Å². The second-order valence-corrected chi connectivity index (χ2v) is 13.4. The van der Waals surface area contributed by atoms with E-state index in [9.17, 15) is 27.2 Å². The lowest BCUT2D eigenvalue weighted by atomic mass is 9.70. The molecule has 0 spiro atoms. The fourth-order valence-electron chi connectivity index (χ4n) is 7.12. The number of alkyl halides is 6. The number of aromatic nitrogens is 2.